The van der Waals surface area contributed by atoms with Gasteiger partial charge in [-0.3, -0.25) is 62.3 Å². The Bertz CT molecular complexity index is 4160. The number of aromatic nitrogens is 2. The molecule has 1 aliphatic carbocycles. The van der Waals surface area contributed by atoms with E-state index in [1.54, 1.807) is 39.8 Å². The number of aliphatic hydroxyl groups excluding tert-OH is 2. The van der Waals surface area contributed by atoms with Crippen molar-refractivity contribution >= 4 is 111 Å². The SMILES string of the molecule is CCC[C@@H]1NC(=O)[C@H](Cc2c[nH]c3ncccc23)NC(=O)[C@H]([C@@H](C)O)NC(=O)[C@H](CCCCN)NC(=O)[C@H](Cc2ccc(O)cc2)NC(=O)[C@H](C(C)(C)C)NC(=O)CCSCc2cccc(c2)CSC[C@@H](C(N)=O)NC(=O)[C@H]([C@@H](C)O)NC(=O)[C@H](C2CCCCC2)NC(=O)[C@H](Cc2ccc(O)cc2)NC(=O)[C@H](CCC(=O)O)NC1=O. The van der Waals surface area contributed by atoms with Crippen LogP contribution in [0.2, 0.25) is 0 Å². The highest BCUT2D eigenvalue weighted by Crippen LogP contribution is 2.29. The van der Waals surface area contributed by atoms with E-state index in [2.05, 4.69) is 68.5 Å². The Labute approximate surface area is 676 Å². The van der Waals surface area contributed by atoms with Crippen molar-refractivity contribution in [2.45, 2.75) is 234 Å². The van der Waals surface area contributed by atoms with Crippen LogP contribution in [0.3, 0.4) is 0 Å². The Kier molecular flexibility index (Phi) is 36.0. The lowest BCUT2D eigenvalue weighted by Gasteiger charge is -2.33. The van der Waals surface area contributed by atoms with E-state index in [-0.39, 0.29) is 75.2 Å². The van der Waals surface area contributed by atoms with E-state index in [1.807, 2.05) is 24.3 Å². The molecule has 0 saturated heterocycles. The number of unbranched alkanes of at least 4 members (excludes halogenated alkanes) is 1. The van der Waals surface area contributed by atoms with Crippen molar-refractivity contribution in [2.24, 2.45) is 22.8 Å². The number of carbonyl (C=O) groups excluding carboxylic acids is 12. The molecule has 0 spiro atoms. The van der Waals surface area contributed by atoms with Gasteiger partial charge in [0, 0.05) is 72.9 Å². The predicted octanol–water partition coefficient (Wildman–Crippen LogP) is 1.57. The number of hydrogen-bond acceptors (Lipinski definition) is 21. The highest BCUT2D eigenvalue weighted by atomic mass is 32.2. The number of aliphatic hydroxyl groups is 2. The smallest absolute Gasteiger partial charge is 0.303 e. The summed E-state index contributed by atoms with van der Waals surface area (Å²) in [5, 5.41) is 82.9. The van der Waals surface area contributed by atoms with Crippen LogP contribution in [0.5, 0.6) is 11.5 Å². The number of phenols is 2. The molecular formula is C80H111N15O18S2. The number of aromatic hydroxyl groups is 2. The van der Waals surface area contributed by atoms with Crippen molar-refractivity contribution < 1.29 is 87.9 Å². The van der Waals surface area contributed by atoms with Gasteiger partial charge in [-0.05, 0) is 141 Å². The Morgan fingerprint density at radius 1 is 0.557 bits per heavy atom. The summed E-state index contributed by atoms with van der Waals surface area (Å²) in [7, 11) is 0. The fourth-order valence-corrected chi connectivity index (χ4v) is 15.4. The number of carboxylic acids is 1. The van der Waals surface area contributed by atoms with E-state index in [0.29, 0.717) is 77.1 Å². The molecule has 1 saturated carbocycles. The van der Waals surface area contributed by atoms with Crippen LogP contribution in [-0.2, 0) is 93.1 Å². The summed E-state index contributed by atoms with van der Waals surface area (Å²) in [5.74, 6) is -12.2. The predicted molar refractivity (Wildman–Crippen MR) is 431 cm³/mol. The van der Waals surface area contributed by atoms with Crippen LogP contribution in [0, 0.1) is 11.3 Å². The number of H-pyrrole nitrogens is 1. The molecule has 7 rings (SSSR count). The maximum Gasteiger partial charge on any atom is 0.303 e. The van der Waals surface area contributed by atoms with Crippen molar-refractivity contribution in [1.82, 2.24) is 68.5 Å². The monoisotopic (exact) mass is 1630 g/mol. The number of primary amides is 1. The molecule has 12 amide bonds. The number of nitrogens with two attached hydrogens (primary N) is 2. The van der Waals surface area contributed by atoms with Crippen molar-refractivity contribution in [2.75, 3.05) is 18.1 Å². The molecule has 115 heavy (non-hydrogen) atoms. The minimum absolute atomic E-state index is 0.0304. The Morgan fingerprint density at radius 2 is 1.05 bits per heavy atom. The standard InChI is InChI=1S/C80H111N15O18S2/c1-7-15-55-70(104)87-57(30-31-63(101)102)71(105)88-59(38-47-24-28-53(99)29-25-47)75(109)95-66(50-18-9-8-10-19-50)78(112)94-65(45(3)97)77(111)91-61(68(82)103)43-115-42-49-17-13-16-48(36-49)41-114-35-32-62(100)92-67(80(4,5)6)79(113)90-58(37-46-22-26-52(98)27-23-46)73(107)86-56(21-11-12-33-81)72(106)93-64(44(2)96)76(110)89-60(74(108)85-55)39-51-40-84-69-54(51)20-14-34-83-69/h13-14,16-17,20,22-29,34,36,40,44-45,50,55-61,64-67,96-99H,7-12,15,18-19,21,30-33,35,37-39,41-43,81H2,1-6H3,(H2,82,103)(H,83,84)(H,85,108)(H,86,107)(H,87,104)(H,88,105)(H,89,110)(H,90,113)(H,91,111)(H,92,100)(H,93,106)(H,94,112)(H,95,109)(H,101,102)/t44-,45-,55+,56+,57+,58+,59+,60+,61+,64+,65+,66+,67-/m1/s1. The summed E-state index contributed by atoms with van der Waals surface area (Å²) in [5.41, 5.74) is 14.2. The molecule has 626 valence electrons. The van der Waals surface area contributed by atoms with Crippen molar-refractivity contribution in [3.63, 3.8) is 0 Å². The molecule has 2 bridgehead atoms. The Hall–Kier alpha value is -10.4. The van der Waals surface area contributed by atoms with Gasteiger partial charge < -0.3 is 100 Å². The Morgan fingerprint density at radius 3 is 1.60 bits per heavy atom. The quantitative estimate of drug-likeness (QED) is 0.0522. The summed E-state index contributed by atoms with van der Waals surface area (Å²) >= 11 is 2.70. The maximum absolute atomic E-state index is 15.1. The number of aromatic amines is 1. The lowest BCUT2D eigenvalue weighted by molar-refractivity contribution is -0.139. The molecule has 0 radical (unpaired) electrons. The topological polar surface area (TPSA) is 536 Å². The van der Waals surface area contributed by atoms with Gasteiger partial charge >= 0.3 is 5.97 Å². The Balaban J connectivity index is 1.26. The van der Waals surface area contributed by atoms with Gasteiger partial charge in [-0.1, -0.05) is 102 Å². The normalized spacial score (nSPS) is 24.3. The van der Waals surface area contributed by atoms with Gasteiger partial charge in [-0.15, -0.1) is 0 Å². The minimum Gasteiger partial charge on any atom is -0.508 e. The largest absolute Gasteiger partial charge is 0.508 e. The molecule has 1 aliphatic heterocycles. The van der Waals surface area contributed by atoms with Gasteiger partial charge in [0.25, 0.3) is 0 Å². The highest BCUT2D eigenvalue weighted by molar-refractivity contribution is 7.98. The number of carboxylic acid groups (broad SMARTS) is 1. The highest BCUT2D eigenvalue weighted by Gasteiger charge is 2.41. The van der Waals surface area contributed by atoms with Gasteiger partial charge in [0.2, 0.25) is 70.9 Å². The number of nitrogens with one attached hydrogen (secondary N) is 12. The van der Waals surface area contributed by atoms with Crippen LogP contribution >= 0.6 is 23.5 Å². The van der Waals surface area contributed by atoms with Crippen molar-refractivity contribution in [3.8, 4) is 11.5 Å². The molecular weight excluding hydrogens is 1520 g/mol. The number of thioether (sulfide) groups is 2. The van der Waals surface area contributed by atoms with Crippen molar-refractivity contribution in [1.29, 1.82) is 0 Å². The van der Waals surface area contributed by atoms with Crippen LogP contribution in [0.15, 0.2) is 97.3 Å². The summed E-state index contributed by atoms with van der Waals surface area (Å²) < 4.78 is 0. The fraction of sp³-hybridized carbons (Fsp3) is 0.525. The second-order valence-electron chi connectivity index (χ2n) is 30.3. The van der Waals surface area contributed by atoms with Gasteiger partial charge in [-0.25, -0.2) is 4.98 Å². The fourth-order valence-electron chi connectivity index (χ4n) is 13.5. The summed E-state index contributed by atoms with van der Waals surface area (Å²) in [6.45, 7) is 9.44. The molecule has 33 nitrogen and oxygen atoms in total. The zero-order valence-electron chi connectivity index (χ0n) is 65.6. The first kappa shape index (κ1) is 91.8. The lowest BCUT2D eigenvalue weighted by Crippen LogP contribution is -2.63. The van der Waals surface area contributed by atoms with E-state index in [9.17, 15) is 78.3 Å². The number of fused-ring (bicyclic) bond motifs is 3. The lowest BCUT2D eigenvalue weighted by atomic mass is 9.83. The molecule has 21 N–H and O–H groups in total. The van der Waals surface area contributed by atoms with E-state index in [0.717, 1.165) is 17.5 Å². The first-order valence-corrected chi connectivity index (χ1v) is 41.1. The van der Waals surface area contributed by atoms with E-state index < -0.39 is 180 Å². The molecule has 2 aromatic heterocycles. The number of nitrogens with zero attached hydrogens (tertiary/aromatic N) is 1. The number of aliphatic carboxylic acids is 1. The van der Waals surface area contributed by atoms with Crippen LogP contribution in [0.25, 0.3) is 11.0 Å². The third-order valence-electron chi connectivity index (χ3n) is 19.9. The number of carbonyl (C=O) groups is 13. The second kappa shape index (κ2) is 45.1. The molecule has 0 unspecified atom stereocenters. The molecule has 2 aliphatic rings. The molecule has 1 fully saturated rings. The molecule has 35 heteroatoms. The summed E-state index contributed by atoms with van der Waals surface area (Å²) in [6, 6.07) is 5.16. The minimum atomic E-state index is -1.86. The molecule has 3 aromatic carbocycles. The third kappa shape index (κ3) is 29.2. The van der Waals surface area contributed by atoms with Gasteiger partial charge in [0.05, 0.1) is 12.2 Å². The number of hydrogen-bond donors (Lipinski definition) is 19. The van der Waals surface area contributed by atoms with E-state index in [1.165, 1.54) is 98.3 Å². The van der Waals surface area contributed by atoms with Crippen LogP contribution in [0.1, 0.15) is 153 Å². The number of rotatable bonds is 19. The van der Waals surface area contributed by atoms with Crippen LogP contribution < -0.4 is 70.0 Å². The van der Waals surface area contributed by atoms with Crippen LogP contribution in [0.4, 0.5) is 0 Å². The first-order chi connectivity index (χ1) is 54.7. The number of benzene rings is 3. The number of phenolic OH excluding ortho intramolecular Hbond substituents is 2. The van der Waals surface area contributed by atoms with E-state index in [4.69, 9.17) is 11.5 Å². The summed E-state index contributed by atoms with van der Waals surface area (Å²) in [4.78, 5) is 195. The van der Waals surface area contributed by atoms with Gasteiger partial charge in [0.15, 0.2) is 0 Å². The average Bonchev–Trinajstić information content (AvgIpc) is 1.68. The average molecular weight is 1630 g/mol. The first-order valence-electron chi connectivity index (χ1n) is 38.8. The second-order valence-corrected chi connectivity index (χ2v) is 32.5. The van der Waals surface area contributed by atoms with Crippen molar-refractivity contribution in [3.05, 3.63) is 125 Å². The van der Waals surface area contributed by atoms with Crippen LogP contribution in [-0.4, -0.2) is 209 Å². The zero-order valence-corrected chi connectivity index (χ0v) is 67.3. The van der Waals surface area contributed by atoms with Gasteiger partial charge in [0.1, 0.15) is 83.6 Å². The van der Waals surface area contributed by atoms with Gasteiger partial charge in [-0.2, -0.15) is 23.5 Å². The molecule has 3 heterocycles. The number of amides is 12. The number of pyridine rings is 1. The van der Waals surface area contributed by atoms with E-state index >= 15 is 9.59 Å². The summed E-state index contributed by atoms with van der Waals surface area (Å²) in [6.07, 6.45) is 1.06. The molecule has 13 atom stereocenters. The zero-order chi connectivity index (χ0) is 84.1. The third-order valence-corrected chi connectivity index (χ3v) is 22.0. The molecule has 5 aromatic rings. The maximum atomic E-state index is 15.1.